The predicted octanol–water partition coefficient (Wildman–Crippen LogP) is 1.84. The van der Waals surface area contributed by atoms with Crippen LogP contribution in [0.2, 0.25) is 0 Å². The van der Waals surface area contributed by atoms with E-state index in [2.05, 4.69) is 63.7 Å². The molecule has 2 rings (SSSR count). The number of nitrogens with one attached hydrogen (secondary N) is 1. The van der Waals surface area contributed by atoms with Crippen molar-refractivity contribution in [3.8, 4) is 0 Å². The van der Waals surface area contributed by atoms with Crippen molar-refractivity contribution in [2.24, 2.45) is 5.41 Å². The Kier molecular flexibility index (Phi) is 7.49. The maximum absolute atomic E-state index is 11.8. The van der Waals surface area contributed by atoms with Crippen molar-refractivity contribution in [2.75, 3.05) is 53.0 Å². The quantitative estimate of drug-likeness (QED) is 0.798. The van der Waals surface area contributed by atoms with E-state index in [9.17, 15) is 4.79 Å². The second-order valence-electron chi connectivity index (χ2n) is 9.01. The molecule has 0 aromatic rings. The molecular formula is C18H38N4O. The average Bonchev–Trinajstić information content (AvgIpc) is 2.91. The Hall–Kier alpha value is -0.650. The van der Waals surface area contributed by atoms with Gasteiger partial charge in [-0.1, -0.05) is 20.8 Å². The van der Waals surface area contributed by atoms with Crippen LogP contribution in [0.1, 0.15) is 48.0 Å². The summed E-state index contributed by atoms with van der Waals surface area (Å²) in [6, 6.07) is 0. The third kappa shape index (κ3) is 8.13. The molecule has 1 N–H and O–H groups in total. The van der Waals surface area contributed by atoms with Gasteiger partial charge in [0.1, 0.15) is 0 Å². The van der Waals surface area contributed by atoms with Gasteiger partial charge >= 0.3 is 0 Å². The van der Waals surface area contributed by atoms with E-state index in [0.717, 1.165) is 39.4 Å². The Morgan fingerprint density at radius 1 is 0.957 bits per heavy atom. The number of hydrogen-bond donors (Lipinski definition) is 1. The van der Waals surface area contributed by atoms with E-state index in [-0.39, 0.29) is 5.41 Å². The van der Waals surface area contributed by atoms with Crippen molar-refractivity contribution >= 4 is 5.91 Å². The van der Waals surface area contributed by atoms with Crippen molar-refractivity contribution in [1.82, 2.24) is 20.0 Å². The molecule has 2 aliphatic rings. The van der Waals surface area contributed by atoms with E-state index < -0.39 is 0 Å². The van der Waals surface area contributed by atoms with Gasteiger partial charge in [0.25, 0.3) is 0 Å². The molecule has 0 spiro atoms. The number of hydrogen-bond acceptors (Lipinski definition) is 4. The molecule has 0 aliphatic carbocycles. The monoisotopic (exact) mass is 326 g/mol. The van der Waals surface area contributed by atoms with Crippen LogP contribution in [0.5, 0.6) is 0 Å². The zero-order chi connectivity index (χ0) is 17.7. The Labute approximate surface area is 143 Å². The van der Waals surface area contributed by atoms with Gasteiger partial charge in [0, 0.05) is 57.9 Å². The maximum Gasteiger partial charge on any atom is 0.223 e. The first-order valence-electron chi connectivity index (χ1n) is 8.91. The van der Waals surface area contributed by atoms with Crippen LogP contribution < -0.4 is 5.32 Å². The van der Waals surface area contributed by atoms with Gasteiger partial charge in [0.2, 0.25) is 5.91 Å². The molecule has 2 fully saturated rings. The maximum atomic E-state index is 11.8. The molecule has 0 radical (unpaired) electrons. The SMILES string of the molecule is CC(C)(C)N1CCNC1.CN1CCN(C(=O)CC(C)(C)C)CC1. The van der Waals surface area contributed by atoms with Gasteiger partial charge in [0.05, 0.1) is 0 Å². The summed E-state index contributed by atoms with van der Waals surface area (Å²) in [5.74, 6) is 0.311. The Balaban J connectivity index is 0.000000253. The molecule has 0 aromatic heterocycles. The van der Waals surface area contributed by atoms with E-state index in [1.54, 1.807) is 0 Å². The standard InChI is InChI=1S/C11H22N2O.C7H16N2/c1-11(2,3)9-10(14)13-7-5-12(4)6-8-13;1-7(2,3)9-5-4-8-6-9/h5-9H2,1-4H3;8H,4-6H2,1-3H3. The van der Waals surface area contributed by atoms with Crippen LogP contribution in [0.3, 0.4) is 0 Å². The van der Waals surface area contributed by atoms with E-state index in [1.807, 2.05) is 4.90 Å². The highest BCUT2D eigenvalue weighted by atomic mass is 16.2. The number of rotatable bonds is 1. The molecule has 23 heavy (non-hydrogen) atoms. The summed E-state index contributed by atoms with van der Waals surface area (Å²) in [6.45, 7) is 20.3. The lowest BCUT2D eigenvalue weighted by Crippen LogP contribution is -2.47. The summed E-state index contributed by atoms with van der Waals surface area (Å²) >= 11 is 0. The molecule has 2 saturated heterocycles. The number of piperazine rings is 1. The molecule has 0 aromatic carbocycles. The molecule has 0 atom stereocenters. The van der Waals surface area contributed by atoms with Crippen LogP contribution in [0.4, 0.5) is 0 Å². The topological polar surface area (TPSA) is 38.8 Å². The van der Waals surface area contributed by atoms with Gasteiger partial charge < -0.3 is 15.1 Å². The van der Waals surface area contributed by atoms with E-state index in [1.165, 1.54) is 6.54 Å². The Morgan fingerprint density at radius 2 is 1.52 bits per heavy atom. The summed E-state index contributed by atoms with van der Waals surface area (Å²) in [7, 11) is 2.10. The summed E-state index contributed by atoms with van der Waals surface area (Å²) in [4.78, 5) is 18.5. The number of amides is 1. The van der Waals surface area contributed by atoms with Crippen molar-refractivity contribution in [2.45, 2.75) is 53.5 Å². The van der Waals surface area contributed by atoms with Gasteiger partial charge in [0.15, 0.2) is 0 Å². The molecule has 0 bridgehead atoms. The molecule has 2 heterocycles. The Morgan fingerprint density at radius 3 is 1.87 bits per heavy atom. The van der Waals surface area contributed by atoms with E-state index in [4.69, 9.17) is 0 Å². The minimum absolute atomic E-state index is 0.112. The van der Waals surface area contributed by atoms with Gasteiger partial charge in [-0.15, -0.1) is 0 Å². The van der Waals surface area contributed by atoms with E-state index >= 15 is 0 Å². The number of carbonyl (C=O) groups excluding carboxylic acids is 1. The van der Waals surface area contributed by atoms with E-state index in [0.29, 0.717) is 17.9 Å². The van der Waals surface area contributed by atoms with Gasteiger partial charge in [-0.25, -0.2) is 0 Å². The molecule has 136 valence electrons. The first-order chi connectivity index (χ1) is 10.5. The predicted molar refractivity (Wildman–Crippen MR) is 97.5 cm³/mol. The lowest BCUT2D eigenvalue weighted by molar-refractivity contribution is -0.134. The van der Waals surface area contributed by atoms with Crippen molar-refractivity contribution in [3.63, 3.8) is 0 Å². The number of carbonyl (C=O) groups is 1. The van der Waals surface area contributed by atoms with Crippen molar-refractivity contribution < 1.29 is 4.79 Å². The zero-order valence-corrected chi connectivity index (χ0v) is 16.4. The first kappa shape index (κ1) is 20.4. The van der Waals surface area contributed by atoms with Gasteiger partial charge in [-0.05, 0) is 33.2 Å². The van der Waals surface area contributed by atoms with Crippen LogP contribution in [0.25, 0.3) is 0 Å². The highest BCUT2D eigenvalue weighted by molar-refractivity contribution is 5.76. The third-order valence-electron chi connectivity index (χ3n) is 4.35. The van der Waals surface area contributed by atoms with Crippen LogP contribution >= 0.6 is 0 Å². The van der Waals surface area contributed by atoms with Crippen molar-refractivity contribution in [3.05, 3.63) is 0 Å². The van der Waals surface area contributed by atoms with Crippen LogP contribution in [0, 0.1) is 5.41 Å². The lowest BCUT2D eigenvalue weighted by Gasteiger charge is -2.34. The van der Waals surface area contributed by atoms with Gasteiger partial charge in [-0.3, -0.25) is 9.69 Å². The molecular weight excluding hydrogens is 288 g/mol. The second kappa shape index (κ2) is 8.45. The highest BCUT2D eigenvalue weighted by Crippen LogP contribution is 2.20. The van der Waals surface area contributed by atoms with Gasteiger partial charge in [-0.2, -0.15) is 0 Å². The normalized spacial score (nSPS) is 21.1. The minimum atomic E-state index is 0.112. The third-order valence-corrected chi connectivity index (χ3v) is 4.35. The smallest absolute Gasteiger partial charge is 0.223 e. The fraction of sp³-hybridized carbons (Fsp3) is 0.944. The van der Waals surface area contributed by atoms with Crippen LogP contribution in [0.15, 0.2) is 0 Å². The summed E-state index contributed by atoms with van der Waals surface area (Å²) < 4.78 is 0. The largest absolute Gasteiger partial charge is 0.340 e. The van der Waals surface area contributed by atoms with Crippen LogP contribution in [-0.4, -0.2) is 79.1 Å². The minimum Gasteiger partial charge on any atom is -0.340 e. The molecule has 1 amide bonds. The van der Waals surface area contributed by atoms with Crippen LogP contribution in [-0.2, 0) is 4.79 Å². The molecule has 5 nitrogen and oxygen atoms in total. The molecule has 2 aliphatic heterocycles. The second-order valence-corrected chi connectivity index (χ2v) is 9.01. The fourth-order valence-corrected chi connectivity index (χ4v) is 2.70. The fourth-order valence-electron chi connectivity index (χ4n) is 2.70. The molecule has 0 unspecified atom stereocenters. The zero-order valence-electron chi connectivity index (χ0n) is 16.4. The number of nitrogens with zero attached hydrogens (tertiary/aromatic N) is 3. The highest BCUT2D eigenvalue weighted by Gasteiger charge is 2.24. The average molecular weight is 327 g/mol. The summed E-state index contributed by atoms with van der Waals surface area (Å²) in [6.07, 6.45) is 0.663. The summed E-state index contributed by atoms with van der Waals surface area (Å²) in [5, 5.41) is 3.30. The molecule has 5 heteroatoms. The Bertz CT molecular complexity index is 356. The first-order valence-corrected chi connectivity index (χ1v) is 8.91. The molecule has 0 saturated carbocycles. The number of likely N-dealkylation sites (N-methyl/N-ethyl adjacent to an activating group) is 1. The van der Waals surface area contributed by atoms with Crippen molar-refractivity contribution in [1.29, 1.82) is 0 Å². The summed E-state index contributed by atoms with van der Waals surface area (Å²) in [5.41, 5.74) is 0.462. The lowest BCUT2D eigenvalue weighted by atomic mass is 9.91.